The molecule has 0 amide bonds. The second-order valence-electron chi connectivity index (χ2n) is 7.16. The zero-order valence-electron chi connectivity index (χ0n) is 14.0. The molecule has 4 heterocycles. The van der Waals surface area contributed by atoms with E-state index in [0.29, 0.717) is 6.10 Å². The molecule has 2 aromatic rings. The molecular formula is C18H24N4OS. The van der Waals surface area contributed by atoms with Crippen molar-refractivity contribution in [3.8, 4) is 0 Å². The van der Waals surface area contributed by atoms with Gasteiger partial charge in [-0.3, -0.25) is 4.90 Å². The molecule has 24 heavy (non-hydrogen) atoms. The Labute approximate surface area is 146 Å². The van der Waals surface area contributed by atoms with Gasteiger partial charge in [-0.15, -0.1) is 11.3 Å². The highest BCUT2D eigenvalue weighted by Gasteiger charge is 2.27. The summed E-state index contributed by atoms with van der Waals surface area (Å²) < 4.78 is 5.79. The van der Waals surface area contributed by atoms with Crippen molar-refractivity contribution in [1.82, 2.24) is 14.9 Å². The minimum Gasteiger partial charge on any atom is -0.377 e. The Balaban J connectivity index is 1.34. The number of ether oxygens (including phenoxy) is 1. The van der Waals surface area contributed by atoms with Gasteiger partial charge in [-0.2, -0.15) is 0 Å². The van der Waals surface area contributed by atoms with Crippen LogP contribution in [0.25, 0.3) is 10.2 Å². The normalized spacial score (nSPS) is 24.8. The predicted molar refractivity (Wildman–Crippen MR) is 97.1 cm³/mol. The highest BCUT2D eigenvalue weighted by molar-refractivity contribution is 7.19. The summed E-state index contributed by atoms with van der Waals surface area (Å²) in [5.74, 6) is 1.18. The minimum atomic E-state index is 0.461. The molecule has 0 saturated carbocycles. The quantitative estimate of drug-likeness (QED) is 0.856. The molecule has 2 saturated heterocycles. The number of rotatable bonds is 3. The van der Waals surface area contributed by atoms with Crippen LogP contribution >= 0.6 is 11.3 Å². The molecule has 0 aromatic carbocycles. The van der Waals surface area contributed by atoms with Gasteiger partial charge >= 0.3 is 0 Å². The molecular weight excluding hydrogens is 320 g/mol. The van der Waals surface area contributed by atoms with Gasteiger partial charge in [0.25, 0.3) is 0 Å². The van der Waals surface area contributed by atoms with Crippen LogP contribution in [0.5, 0.6) is 0 Å². The number of hydrogen-bond donors (Lipinski definition) is 0. The van der Waals surface area contributed by atoms with Crippen LogP contribution in [0.15, 0.2) is 6.33 Å². The second-order valence-corrected chi connectivity index (χ2v) is 8.24. The molecule has 5 rings (SSSR count). The molecule has 128 valence electrons. The molecule has 0 unspecified atom stereocenters. The first kappa shape index (κ1) is 15.0. The molecule has 0 spiro atoms. The maximum absolute atomic E-state index is 5.79. The summed E-state index contributed by atoms with van der Waals surface area (Å²) in [7, 11) is 0. The van der Waals surface area contributed by atoms with Crippen LogP contribution in [0.1, 0.15) is 29.7 Å². The first-order valence-corrected chi connectivity index (χ1v) is 10.0. The van der Waals surface area contributed by atoms with Crippen molar-refractivity contribution < 1.29 is 4.74 Å². The Morgan fingerprint density at radius 3 is 2.88 bits per heavy atom. The number of anilines is 1. The Bertz CT molecular complexity index is 732. The van der Waals surface area contributed by atoms with E-state index in [-0.39, 0.29) is 0 Å². The minimum absolute atomic E-state index is 0.461. The summed E-state index contributed by atoms with van der Waals surface area (Å²) in [6.45, 7) is 6.38. The summed E-state index contributed by atoms with van der Waals surface area (Å²) in [6, 6.07) is 0. The van der Waals surface area contributed by atoms with Crippen LogP contribution < -0.4 is 4.90 Å². The smallest absolute Gasteiger partial charge is 0.141 e. The summed E-state index contributed by atoms with van der Waals surface area (Å²) >= 11 is 1.88. The first-order chi connectivity index (χ1) is 11.9. The fraction of sp³-hybridized carbons (Fsp3) is 0.667. The highest BCUT2D eigenvalue weighted by atomic mass is 32.1. The molecule has 0 N–H and O–H groups in total. The zero-order valence-corrected chi connectivity index (χ0v) is 14.9. The number of thiophene rings is 1. The maximum atomic E-state index is 5.79. The molecule has 2 aromatic heterocycles. The third kappa shape index (κ3) is 2.61. The number of aromatic nitrogens is 2. The van der Waals surface area contributed by atoms with Crippen LogP contribution in [0.3, 0.4) is 0 Å². The van der Waals surface area contributed by atoms with Gasteiger partial charge < -0.3 is 9.64 Å². The summed E-state index contributed by atoms with van der Waals surface area (Å²) in [5.41, 5.74) is 1.53. The van der Waals surface area contributed by atoms with Crippen LogP contribution in [0, 0.1) is 0 Å². The van der Waals surface area contributed by atoms with Crippen molar-refractivity contribution in [2.45, 2.75) is 38.2 Å². The van der Waals surface area contributed by atoms with E-state index in [1.165, 1.54) is 53.7 Å². The number of aryl methyl sites for hydroxylation is 2. The Morgan fingerprint density at radius 2 is 2.04 bits per heavy atom. The Morgan fingerprint density at radius 1 is 1.12 bits per heavy atom. The average molecular weight is 344 g/mol. The maximum Gasteiger partial charge on any atom is 0.141 e. The van der Waals surface area contributed by atoms with Crippen molar-refractivity contribution in [2.24, 2.45) is 0 Å². The van der Waals surface area contributed by atoms with Crippen molar-refractivity contribution in [3.63, 3.8) is 0 Å². The van der Waals surface area contributed by atoms with E-state index in [2.05, 4.69) is 19.8 Å². The standard InChI is InChI=1S/C18H24N4OS/c1-4-14-15(5-1)24-18-16(14)17(19-12-20-18)22-8-6-21(7-9-22)11-13-3-2-10-23-13/h12-13H,1-11H2/t13-/m0/s1. The van der Waals surface area contributed by atoms with Crippen molar-refractivity contribution in [2.75, 3.05) is 44.2 Å². The molecule has 5 nitrogen and oxygen atoms in total. The lowest BCUT2D eigenvalue weighted by atomic mass is 10.1. The van der Waals surface area contributed by atoms with Crippen LogP contribution in [-0.2, 0) is 17.6 Å². The Hall–Kier alpha value is -1.24. The van der Waals surface area contributed by atoms with Crippen LogP contribution in [0.2, 0.25) is 0 Å². The van der Waals surface area contributed by atoms with Gasteiger partial charge in [0, 0.05) is 44.2 Å². The topological polar surface area (TPSA) is 41.5 Å². The van der Waals surface area contributed by atoms with Crippen LogP contribution in [-0.4, -0.2) is 60.3 Å². The van der Waals surface area contributed by atoms with E-state index < -0.39 is 0 Å². The molecule has 2 fully saturated rings. The van der Waals surface area contributed by atoms with E-state index in [0.717, 1.165) is 39.3 Å². The summed E-state index contributed by atoms with van der Waals surface area (Å²) in [5, 5.41) is 1.35. The monoisotopic (exact) mass is 344 g/mol. The van der Waals surface area contributed by atoms with Crippen molar-refractivity contribution in [1.29, 1.82) is 0 Å². The number of nitrogens with zero attached hydrogens (tertiary/aromatic N) is 4. The molecule has 1 aliphatic carbocycles. The average Bonchev–Trinajstić information content (AvgIpc) is 3.32. The fourth-order valence-corrected chi connectivity index (χ4v) is 5.59. The van der Waals surface area contributed by atoms with Crippen molar-refractivity contribution in [3.05, 3.63) is 16.8 Å². The molecule has 2 aliphatic heterocycles. The molecule has 6 heteroatoms. The Kier molecular flexibility index (Phi) is 3.91. The third-order valence-corrected chi connectivity index (χ3v) is 6.84. The van der Waals surface area contributed by atoms with Gasteiger partial charge in [0.1, 0.15) is 17.0 Å². The van der Waals surface area contributed by atoms with Crippen molar-refractivity contribution >= 4 is 27.4 Å². The summed E-state index contributed by atoms with van der Waals surface area (Å²) in [6.07, 6.45) is 8.39. The number of piperazine rings is 1. The van der Waals surface area contributed by atoms with Gasteiger partial charge in [-0.25, -0.2) is 9.97 Å². The zero-order chi connectivity index (χ0) is 15.9. The molecule has 1 atom stereocenters. The largest absolute Gasteiger partial charge is 0.377 e. The lowest BCUT2D eigenvalue weighted by Gasteiger charge is -2.36. The third-order valence-electron chi connectivity index (χ3n) is 5.64. The van der Waals surface area contributed by atoms with Gasteiger partial charge in [-0.1, -0.05) is 0 Å². The van der Waals surface area contributed by atoms with E-state index in [1.807, 2.05) is 11.3 Å². The van der Waals surface area contributed by atoms with Gasteiger partial charge in [0.05, 0.1) is 11.5 Å². The lowest BCUT2D eigenvalue weighted by Crippen LogP contribution is -2.48. The van der Waals surface area contributed by atoms with E-state index in [4.69, 9.17) is 4.74 Å². The highest BCUT2D eigenvalue weighted by Crippen LogP contribution is 2.40. The summed E-state index contributed by atoms with van der Waals surface area (Å²) in [4.78, 5) is 17.0. The fourth-order valence-electron chi connectivity index (χ4n) is 4.37. The first-order valence-electron chi connectivity index (χ1n) is 9.22. The molecule has 3 aliphatic rings. The number of hydrogen-bond acceptors (Lipinski definition) is 6. The van der Waals surface area contributed by atoms with Gasteiger partial charge in [0.15, 0.2) is 0 Å². The van der Waals surface area contributed by atoms with E-state index in [9.17, 15) is 0 Å². The van der Waals surface area contributed by atoms with Crippen LogP contribution in [0.4, 0.5) is 5.82 Å². The predicted octanol–water partition coefficient (Wildman–Crippen LogP) is 2.48. The SMILES string of the molecule is c1nc(N2CCN(C[C@@H]3CCCO3)CC2)c2c3c(sc2n1)CCC3. The van der Waals surface area contributed by atoms with E-state index >= 15 is 0 Å². The molecule has 0 radical (unpaired) electrons. The van der Waals surface area contributed by atoms with Gasteiger partial charge in [0.2, 0.25) is 0 Å². The second kappa shape index (κ2) is 6.24. The number of fused-ring (bicyclic) bond motifs is 3. The van der Waals surface area contributed by atoms with E-state index in [1.54, 1.807) is 11.2 Å². The molecule has 0 bridgehead atoms. The lowest BCUT2D eigenvalue weighted by molar-refractivity contribution is 0.0712. The van der Waals surface area contributed by atoms with Gasteiger partial charge in [-0.05, 0) is 37.7 Å².